The summed E-state index contributed by atoms with van der Waals surface area (Å²) >= 11 is 0. The second-order valence-electron chi connectivity index (χ2n) is 5.52. The Morgan fingerprint density at radius 3 is 2.81 bits per heavy atom. The van der Waals surface area contributed by atoms with Crippen molar-refractivity contribution in [1.82, 2.24) is 0 Å². The van der Waals surface area contributed by atoms with Crippen molar-refractivity contribution in [3.63, 3.8) is 0 Å². The van der Waals surface area contributed by atoms with Crippen LogP contribution in [0.2, 0.25) is 0 Å². The summed E-state index contributed by atoms with van der Waals surface area (Å²) in [4.78, 5) is 11.9. The molecule has 1 saturated heterocycles. The van der Waals surface area contributed by atoms with Gasteiger partial charge in [0.1, 0.15) is 5.60 Å². The topological polar surface area (TPSA) is 38.8 Å². The van der Waals surface area contributed by atoms with Crippen LogP contribution in [0.15, 0.2) is 0 Å². The first-order valence-corrected chi connectivity index (χ1v) is 6.49. The van der Waals surface area contributed by atoms with E-state index in [1.807, 2.05) is 6.92 Å². The maximum atomic E-state index is 11.9. The summed E-state index contributed by atoms with van der Waals surface area (Å²) in [5, 5.41) is 0. The van der Waals surface area contributed by atoms with Crippen molar-refractivity contribution in [2.24, 2.45) is 11.8 Å². The summed E-state index contributed by atoms with van der Waals surface area (Å²) in [5.74, 6) is 1.28. The smallest absolute Gasteiger partial charge is 0.341 e. The number of carbonyl (C=O) groups excluding carboxylic acids is 1. The lowest BCUT2D eigenvalue weighted by Crippen LogP contribution is -2.53. The molecule has 3 heteroatoms. The molecule has 0 radical (unpaired) electrons. The van der Waals surface area contributed by atoms with E-state index in [4.69, 9.17) is 9.47 Å². The summed E-state index contributed by atoms with van der Waals surface area (Å²) in [5.41, 5.74) is -0.708. The van der Waals surface area contributed by atoms with Crippen molar-refractivity contribution in [3.05, 3.63) is 0 Å². The zero-order valence-corrected chi connectivity index (χ0v) is 10.1. The molecule has 1 spiro atoms. The fraction of sp³-hybridized carbons (Fsp3) is 0.923. The van der Waals surface area contributed by atoms with E-state index in [0.29, 0.717) is 5.92 Å². The number of fused-ring (bicyclic) bond motifs is 2. The van der Waals surface area contributed by atoms with Crippen LogP contribution in [0.25, 0.3) is 0 Å². The lowest BCUT2D eigenvalue weighted by atomic mass is 9.54. The van der Waals surface area contributed by atoms with Gasteiger partial charge in [0.2, 0.25) is 0 Å². The molecule has 2 saturated carbocycles. The third kappa shape index (κ3) is 1.01. The maximum Gasteiger partial charge on any atom is 0.341 e. The second kappa shape index (κ2) is 3.22. The molecule has 2 unspecified atom stereocenters. The van der Waals surface area contributed by atoms with Crippen LogP contribution >= 0.6 is 0 Å². The van der Waals surface area contributed by atoms with Gasteiger partial charge in [0.05, 0.1) is 7.11 Å². The summed E-state index contributed by atoms with van der Waals surface area (Å²) < 4.78 is 10.8. The minimum atomic E-state index is -0.583. The van der Waals surface area contributed by atoms with E-state index in [9.17, 15) is 4.79 Å². The summed E-state index contributed by atoms with van der Waals surface area (Å²) in [7, 11) is 1.46. The van der Waals surface area contributed by atoms with Gasteiger partial charge in [0, 0.05) is 0 Å². The molecule has 0 N–H and O–H groups in total. The fourth-order valence-electron chi connectivity index (χ4n) is 4.21. The molecular formula is C13H20O3. The Hall–Kier alpha value is -0.570. The van der Waals surface area contributed by atoms with Crippen molar-refractivity contribution in [3.8, 4) is 0 Å². The Bertz CT molecular complexity index is 327. The van der Waals surface area contributed by atoms with Gasteiger partial charge < -0.3 is 9.47 Å². The van der Waals surface area contributed by atoms with E-state index in [1.165, 1.54) is 32.8 Å². The number of ether oxygens (including phenoxy) is 2. The highest BCUT2D eigenvalue weighted by Gasteiger charge is 2.82. The largest absolute Gasteiger partial charge is 0.467 e. The molecule has 2 aliphatic carbocycles. The zero-order valence-electron chi connectivity index (χ0n) is 10.1. The summed E-state index contributed by atoms with van der Waals surface area (Å²) in [6.45, 7) is 2.03. The molecule has 16 heavy (non-hydrogen) atoms. The van der Waals surface area contributed by atoms with Crippen molar-refractivity contribution in [2.75, 3.05) is 7.11 Å². The van der Waals surface area contributed by atoms with Gasteiger partial charge in [-0.3, -0.25) is 0 Å². The summed E-state index contributed by atoms with van der Waals surface area (Å²) in [6, 6.07) is 0. The van der Waals surface area contributed by atoms with Crippen LogP contribution in [-0.4, -0.2) is 24.3 Å². The number of esters is 1. The lowest BCUT2D eigenvalue weighted by Gasteiger charge is -2.47. The molecule has 3 fully saturated rings. The fourth-order valence-corrected chi connectivity index (χ4v) is 4.21. The van der Waals surface area contributed by atoms with E-state index < -0.39 is 5.60 Å². The highest BCUT2D eigenvalue weighted by molar-refractivity contribution is 5.85. The average Bonchev–Trinajstić information content (AvgIpc) is 3.00. The van der Waals surface area contributed by atoms with Gasteiger partial charge in [-0.15, -0.1) is 0 Å². The van der Waals surface area contributed by atoms with Gasteiger partial charge in [-0.05, 0) is 37.5 Å². The van der Waals surface area contributed by atoms with Crippen molar-refractivity contribution in [1.29, 1.82) is 0 Å². The predicted molar refractivity (Wildman–Crippen MR) is 58.9 cm³/mol. The van der Waals surface area contributed by atoms with Crippen LogP contribution < -0.4 is 0 Å². The van der Waals surface area contributed by atoms with Crippen molar-refractivity contribution >= 4 is 5.97 Å². The highest BCUT2D eigenvalue weighted by Crippen LogP contribution is 2.70. The van der Waals surface area contributed by atoms with Crippen molar-refractivity contribution in [2.45, 2.75) is 56.7 Å². The quantitative estimate of drug-likeness (QED) is 0.533. The number of epoxide rings is 1. The molecule has 0 amide bonds. The molecule has 3 nitrogen and oxygen atoms in total. The monoisotopic (exact) mass is 224 g/mol. The Balaban J connectivity index is 1.80. The second-order valence-corrected chi connectivity index (χ2v) is 5.52. The minimum absolute atomic E-state index is 0.125. The molecule has 0 aromatic heterocycles. The molecule has 3 rings (SSSR count). The first-order valence-electron chi connectivity index (χ1n) is 6.49. The number of rotatable bonds is 2. The SMILES string of the molecule is CCC1(C(=O)OC)OC12C[C@@H]1CCCC[C@@H]12. The first kappa shape index (κ1) is 10.6. The Kier molecular flexibility index (Phi) is 2.13. The van der Waals surface area contributed by atoms with E-state index in [0.717, 1.165) is 18.8 Å². The van der Waals surface area contributed by atoms with Gasteiger partial charge in [0.15, 0.2) is 5.60 Å². The molecule has 1 aliphatic heterocycles. The van der Waals surface area contributed by atoms with E-state index in [2.05, 4.69) is 0 Å². The van der Waals surface area contributed by atoms with Crippen LogP contribution in [0.1, 0.15) is 45.4 Å². The van der Waals surface area contributed by atoms with Crippen LogP contribution in [-0.2, 0) is 14.3 Å². The summed E-state index contributed by atoms with van der Waals surface area (Å²) in [6.07, 6.45) is 7.06. The molecular weight excluding hydrogens is 204 g/mol. The van der Waals surface area contributed by atoms with Crippen molar-refractivity contribution < 1.29 is 14.3 Å². The Morgan fingerprint density at radius 1 is 1.44 bits per heavy atom. The third-order valence-electron chi connectivity index (χ3n) is 5.08. The van der Waals surface area contributed by atoms with E-state index in [-0.39, 0.29) is 11.6 Å². The Morgan fingerprint density at radius 2 is 2.19 bits per heavy atom. The molecule has 4 atom stereocenters. The van der Waals surface area contributed by atoms with Gasteiger partial charge in [-0.2, -0.15) is 0 Å². The standard InChI is InChI=1S/C13H20O3/c1-3-12(11(14)15-2)13(16-12)8-9-6-4-5-7-10(9)13/h9-10H,3-8H2,1-2H3/t9-,10-,12?,13?/m0/s1. The van der Waals surface area contributed by atoms with Crippen LogP contribution in [0.4, 0.5) is 0 Å². The van der Waals surface area contributed by atoms with Gasteiger partial charge in [-0.1, -0.05) is 19.8 Å². The zero-order chi connectivity index (χ0) is 11.4. The van der Waals surface area contributed by atoms with Crippen LogP contribution in [0.5, 0.6) is 0 Å². The molecule has 0 bridgehead atoms. The molecule has 1 heterocycles. The first-order chi connectivity index (χ1) is 7.70. The molecule has 90 valence electrons. The number of carbonyl (C=O) groups is 1. The van der Waals surface area contributed by atoms with Gasteiger partial charge in [-0.25, -0.2) is 4.79 Å². The number of hydrogen-bond donors (Lipinski definition) is 0. The van der Waals surface area contributed by atoms with E-state index >= 15 is 0 Å². The Labute approximate surface area is 96.5 Å². The average molecular weight is 224 g/mol. The van der Waals surface area contributed by atoms with E-state index in [1.54, 1.807) is 0 Å². The molecule has 0 aromatic carbocycles. The molecule has 0 aromatic rings. The number of methoxy groups -OCH3 is 1. The minimum Gasteiger partial charge on any atom is -0.467 e. The number of hydrogen-bond acceptors (Lipinski definition) is 3. The molecule has 3 aliphatic rings. The maximum absolute atomic E-state index is 11.9. The predicted octanol–water partition coefficient (Wildman–Crippen LogP) is 2.29. The lowest BCUT2D eigenvalue weighted by molar-refractivity contribution is -0.147. The van der Waals surface area contributed by atoms with Crippen LogP contribution in [0, 0.1) is 11.8 Å². The van der Waals surface area contributed by atoms with Gasteiger partial charge in [0.25, 0.3) is 0 Å². The van der Waals surface area contributed by atoms with Gasteiger partial charge >= 0.3 is 5.97 Å². The third-order valence-corrected chi connectivity index (χ3v) is 5.08. The highest BCUT2D eigenvalue weighted by atomic mass is 16.7. The van der Waals surface area contributed by atoms with Crippen LogP contribution in [0.3, 0.4) is 0 Å². The normalized spacial score (nSPS) is 49.4.